The Hall–Kier alpha value is -0.140. The molecule has 0 aromatic carbocycles. The van der Waals surface area contributed by atoms with E-state index in [1.54, 1.807) is 6.92 Å². The van der Waals surface area contributed by atoms with E-state index in [2.05, 4.69) is 6.92 Å². The summed E-state index contributed by atoms with van der Waals surface area (Å²) in [4.78, 5) is 0. The molecule has 4 rings (SSSR count). The molecule has 2 unspecified atom stereocenters. The van der Waals surface area contributed by atoms with Crippen molar-refractivity contribution in [2.24, 2.45) is 47.3 Å². The molecule has 2 heteroatoms. The van der Waals surface area contributed by atoms with Gasteiger partial charge in [0.1, 0.15) is 12.3 Å². The van der Waals surface area contributed by atoms with Gasteiger partial charge in [-0.25, -0.2) is 8.78 Å². The van der Waals surface area contributed by atoms with E-state index in [0.29, 0.717) is 24.7 Å². The molecule has 28 heavy (non-hydrogen) atoms. The number of hydrogen-bond donors (Lipinski definition) is 0. The van der Waals surface area contributed by atoms with Crippen LogP contribution in [0.3, 0.4) is 0 Å². The minimum atomic E-state index is -0.912. The van der Waals surface area contributed by atoms with Crippen molar-refractivity contribution in [1.29, 1.82) is 0 Å². The molecule has 2 atom stereocenters. The van der Waals surface area contributed by atoms with Crippen LogP contribution in [-0.2, 0) is 0 Å². The summed E-state index contributed by atoms with van der Waals surface area (Å²) in [5.41, 5.74) is 0. The predicted octanol–water partition coefficient (Wildman–Crippen LogP) is 8.15. The van der Waals surface area contributed by atoms with Crippen LogP contribution < -0.4 is 0 Å². The first-order valence-electron chi connectivity index (χ1n) is 12.8. The molecule has 0 amide bonds. The lowest BCUT2D eigenvalue weighted by Crippen LogP contribution is -2.38. The first-order chi connectivity index (χ1) is 13.5. The highest BCUT2D eigenvalue weighted by atomic mass is 19.1. The van der Waals surface area contributed by atoms with Crippen molar-refractivity contribution < 1.29 is 8.78 Å². The van der Waals surface area contributed by atoms with Gasteiger partial charge in [0.15, 0.2) is 0 Å². The Kier molecular flexibility index (Phi) is 7.04. The molecule has 0 nitrogen and oxygen atoms in total. The highest BCUT2D eigenvalue weighted by molar-refractivity contribution is 4.91. The molecule has 0 aliphatic heterocycles. The van der Waals surface area contributed by atoms with Gasteiger partial charge in [-0.3, -0.25) is 0 Å². The van der Waals surface area contributed by atoms with Crippen molar-refractivity contribution in [1.82, 2.24) is 0 Å². The fraction of sp³-hybridized carbons (Fsp3) is 1.00. The molecule has 0 spiro atoms. The number of alkyl halides is 2. The molecule has 4 aliphatic carbocycles. The minimum Gasteiger partial charge on any atom is -0.247 e. The van der Waals surface area contributed by atoms with Gasteiger partial charge in [-0.15, -0.1) is 0 Å². The van der Waals surface area contributed by atoms with Gasteiger partial charge < -0.3 is 0 Å². The zero-order chi connectivity index (χ0) is 19.7. The van der Waals surface area contributed by atoms with Gasteiger partial charge in [0, 0.05) is 5.92 Å². The van der Waals surface area contributed by atoms with Gasteiger partial charge in [-0.1, -0.05) is 26.7 Å². The van der Waals surface area contributed by atoms with Crippen LogP contribution in [0.4, 0.5) is 8.78 Å². The Labute approximate surface area is 172 Å². The summed E-state index contributed by atoms with van der Waals surface area (Å²) >= 11 is 0. The molecular formula is C26H44F2. The smallest absolute Gasteiger partial charge is 0.106 e. The second kappa shape index (κ2) is 9.34. The van der Waals surface area contributed by atoms with Gasteiger partial charge >= 0.3 is 0 Å². The second-order valence-electron chi connectivity index (χ2n) is 11.5. The summed E-state index contributed by atoms with van der Waals surface area (Å²) in [5, 5.41) is 0. The van der Waals surface area contributed by atoms with Gasteiger partial charge in [-0.2, -0.15) is 0 Å². The van der Waals surface area contributed by atoms with E-state index in [9.17, 15) is 8.78 Å². The van der Waals surface area contributed by atoms with Gasteiger partial charge in [-0.05, 0) is 118 Å². The summed E-state index contributed by atoms with van der Waals surface area (Å²) in [5.74, 6) is 5.41. The maximum atomic E-state index is 14.2. The first-order valence-corrected chi connectivity index (χ1v) is 12.8. The lowest BCUT2D eigenvalue weighted by Gasteiger charge is -2.43. The van der Waals surface area contributed by atoms with Crippen molar-refractivity contribution in [3.8, 4) is 0 Å². The van der Waals surface area contributed by atoms with Crippen molar-refractivity contribution >= 4 is 0 Å². The quantitative estimate of drug-likeness (QED) is 0.453. The maximum absolute atomic E-state index is 14.2. The molecule has 4 fully saturated rings. The fourth-order valence-corrected chi connectivity index (χ4v) is 7.65. The Balaban J connectivity index is 1.20. The van der Waals surface area contributed by atoms with Crippen LogP contribution in [0.15, 0.2) is 0 Å². The standard InChI is InChI=1S/C26H44F2/c1-17-3-5-19(6-4-17)20-7-9-21(10-8-20)22-11-13-23(14-12-22)24-15-25(27)18(2)26(28)16-24/h17-26H,3-16H2,1-2H3. The number of halogens is 2. The molecule has 0 aromatic heterocycles. The summed E-state index contributed by atoms with van der Waals surface area (Å²) in [6, 6.07) is 0. The number of rotatable bonds is 3. The minimum absolute atomic E-state index is 0.312. The Morgan fingerprint density at radius 2 is 0.714 bits per heavy atom. The molecule has 4 aliphatic rings. The summed E-state index contributed by atoms with van der Waals surface area (Å²) < 4.78 is 28.3. The third-order valence-electron chi connectivity index (χ3n) is 9.89. The molecule has 0 saturated heterocycles. The Morgan fingerprint density at radius 1 is 0.429 bits per heavy atom. The average Bonchev–Trinajstić information content (AvgIpc) is 2.72. The lowest BCUT2D eigenvalue weighted by atomic mass is 9.63. The average molecular weight is 395 g/mol. The first kappa shape index (κ1) is 21.1. The third-order valence-corrected chi connectivity index (χ3v) is 9.89. The van der Waals surface area contributed by atoms with Crippen molar-refractivity contribution in [3.05, 3.63) is 0 Å². The molecular weight excluding hydrogens is 350 g/mol. The molecule has 0 heterocycles. The molecule has 0 radical (unpaired) electrons. The van der Waals surface area contributed by atoms with Crippen molar-refractivity contribution in [3.63, 3.8) is 0 Å². The van der Waals surface area contributed by atoms with Crippen molar-refractivity contribution in [2.45, 2.75) is 116 Å². The normalized spacial score (nSPS) is 51.0. The van der Waals surface area contributed by atoms with Gasteiger partial charge in [0.25, 0.3) is 0 Å². The second-order valence-corrected chi connectivity index (χ2v) is 11.5. The lowest BCUT2D eigenvalue weighted by molar-refractivity contribution is 0.0175. The molecule has 4 saturated carbocycles. The van der Waals surface area contributed by atoms with Crippen LogP contribution in [0.2, 0.25) is 0 Å². The van der Waals surface area contributed by atoms with Crippen LogP contribution in [0.25, 0.3) is 0 Å². The van der Waals surface area contributed by atoms with Crippen LogP contribution in [0, 0.1) is 47.3 Å². The highest BCUT2D eigenvalue weighted by Gasteiger charge is 2.41. The molecule has 162 valence electrons. The Bertz CT molecular complexity index is 455. The summed E-state index contributed by atoms with van der Waals surface area (Å²) in [6.07, 6.45) is 16.4. The largest absolute Gasteiger partial charge is 0.247 e. The zero-order valence-corrected chi connectivity index (χ0v) is 18.4. The van der Waals surface area contributed by atoms with Crippen LogP contribution in [0.1, 0.15) is 104 Å². The third kappa shape index (κ3) is 4.77. The van der Waals surface area contributed by atoms with Crippen LogP contribution in [0.5, 0.6) is 0 Å². The molecule has 0 N–H and O–H groups in total. The van der Waals surface area contributed by atoms with Gasteiger partial charge in [0.05, 0.1) is 0 Å². The maximum Gasteiger partial charge on any atom is 0.106 e. The number of hydrogen-bond acceptors (Lipinski definition) is 0. The summed E-state index contributed by atoms with van der Waals surface area (Å²) in [7, 11) is 0. The summed E-state index contributed by atoms with van der Waals surface area (Å²) in [6.45, 7) is 4.19. The monoisotopic (exact) mass is 394 g/mol. The van der Waals surface area contributed by atoms with E-state index in [0.717, 1.165) is 29.6 Å². The SMILES string of the molecule is CC1CCC(C2CCC(C3CCC(C4CC(F)C(C)C(F)C4)CC3)CC2)CC1. The molecule has 0 bridgehead atoms. The molecule has 0 aromatic rings. The predicted molar refractivity (Wildman–Crippen MR) is 114 cm³/mol. The Morgan fingerprint density at radius 3 is 1.07 bits per heavy atom. The van der Waals surface area contributed by atoms with Crippen LogP contribution >= 0.6 is 0 Å². The van der Waals surface area contributed by atoms with Crippen molar-refractivity contribution in [2.75, 3.05) is 0 Å². The fourth-order valence-electron chi connectivity index (χ4n) is 7.65. The van der Waals surface area contributed by atoms with E-state index >= 15 is 0 Å². The zero-order valence-electron chi connectivity index (χ0n) is 18.4. The topological polar surface area (TPSA) is 0 Å². The van der Waals surface area contributed by atoms with E-state index in [1.807, 2.05) is 0 Å². The van der Waals surface area contributed by atoms with Gasteiger partial charge in [0.2, 0.25) is 0 Å². The van der Waals surface area contributed by atoms with E-state index < -0.39 is 12.3 Å². The van der Waals surface area contributed by atoms with E-state index in [1.165, 1.54) is 77.0 Å². The van der Waals surface area contributed by atoms with Crippen LogP contribution in [-0.4, -0.2) is 12.3 Å². The highest BCUT2D eigenvalue weighted by Crippen LogP contribution is 2.48. The van der Waals surface area contributed by atoms with E-state index in [4.69, 9.17) is 0 Å². The van der Waals surface area contributed by atoms with E-state index in [-0.39, 0.29) is 5.92 Å².